The van der Waals surface area contributed by atoms with Crippen molar-refractivity contribution in [1.29, 1.82) is 0 Å². The number of hydrogen-bond acceptors (Lipinski definition) is 14. The quantitative estimate of drug-likeness (QED) is 0.0916. The third-order valence-corrected chi connectivity index (χ3v) is 14.3. The highest BCUT2D eigenvalue weighted by molar-refractivity contribution is 6.22. The third-order valence-electron chi connectivity index (χ3n) is 14.3. The number of aliphatic carboxylic acids is 1. The fraction of sp³-hybridized carbons (Fsp3) is 0.569. The van der Waals surface area contributed by atoms with Crippen molar-refractivity contribution in [3.63, 3.8) is 0 Å². The molecule has 2 aliphatic carbocycles. The van der Waals surface area contributed by atoms with Crippen molar-refractivity contribution in [3.8, 4) is 11.5 Å². The highest BCUT2D eigenvalue weighted by atomic mass is 19.4. The first-order chi connectivity index (χ1) is 32.8. The molecule has 1 aromatic heterocycles. The number of Topliss-reactive ketones (excluding diaryl/α,β-unsaturated/α-hetero) is 1. The number of carboxylic acids is 1. The number of carbonyl (C=O) groups excluding carboxylic acids is 7. The molecule has 1 aromatic carbocycles. The Morgan fingerprint density at radius 2 is 1.43 bits per heavy atom. The van der Waals surface area contributed by atoms with Crippen molar-refractivity contribution < 1.29 is 84.8 Å². The van der Waals surface area contributed by atoms with Crippen molar-refractivity contribution >= 4 is 41.5 Å². The lowest BCUT2D eigenvalue weighted by Crippen LogP contribution is -2.56. The highest BCUT2D eigenvalue weighted by Crippen LogP contribution is 2.55. The number of carbonyl (C=O) groups is 7. The van der Waals surface area contributed by atoms with Gasteiger partial charge in [-0.2, -0.15) is 17.7 Å². The lowest BCUT2D eigenvalue weighted by molar-refractivity contribution is -0.719. The van der Waals surface area contributed by atoms with Gasteiger partial charge in [-0.15, -0.1) is 0 Å². The van der Waals surface area contributed by atoms with Crippen molar-refractivity contribution in [2.75, 3.05) is 0 Å². The van der Waals surface area contributed by atoms with E-state index in [4.69, 9.17) is 38.3 Å². The van der Waals surface area contributed by atoms with Crippen LogP contribution in [0.1, 0.15) is 119 Å². The molecule has 5 aliphatic rings. The number of rotatable bonds is 10. The SMILES string of the molecule is CC(=O)OC1=C(C(=O)[C@@H]2[C@H]3[C@@H](C)[C@H](OC(C)=O)CC[C@H]3C=C(C)[C@H]2C[C@H]2O[C@@]3(CC[C@H](C)[C@@H](c4cc(OC(C)=O)cc(OC(C)=O)c4)O3)[C@@H](C)C[C@@H]2C)C(=O)N[C@H]1[n+]1ccccc1.O=C([O-])C(F)(F)F. The zero-order valence-corrected chi connectivity index (χ0v) is 40.7. The maximum absolute atomic E-state index is 15.6. The van der Waals surface area contributed by atoms with Gasteiger partial charge < -0.3 is 38.3 Å². The zero-order valence-electron chi connectivity index (χ0n) is 40.7. The van der Waals surface area contributed by atoms with Gasteiger partial charge in [0.2, 0.25) is 5.76 Å². The number of benzene rings is 1. The molecule has 3 fully saturated rings. The van der Waals surface area contributed by atoms with Crippen LogP contribution in [0.25, 0.3) is 0 Å². The van der Waals surface area contributed by atoms with E-state index in [-0.39, 0.29) is 64.4 Å². The summed E-state index contributed by atoms with van der Waals surface area (Å²) in [6.07, 6.45) is 2.18. The smallest absolute Gasteiger partial charge is 0.430 e. The first-order valence-corrected chi connectivity index (χ1v) is 23.5. The van der Waals surface area contributed by atoms with Crippen molar-refractivity contribution in [3.05, 3.63) is 77.3 Å². The molecule has 3 aliphatic heterocycles. The molecule has 0 radical (unpaired) electrons. The lowest BCUT2D eigenvalue weighted by atomic mass is 9.55. The van der Waals surface area contributed by atoms with Crippen LogP contribution >= 0.6 is 0 Å². The second-order valence-electron chi connectivity index (χ2n) is 19.3. The standard InChI is InChI=1S/C49H60N2O12.C2HF3O2/c1-25-15-16-49(63-45(25)35-21-36(58-30(6)52)23-37(22-35)59-31(7)53)28(4)19-27(3)40(62-49)24-38-26(2)20-34-13-14-39(60-32(8)54)29(5)41(34)42(38)44(56)43-46(61-33(9)55)47(50-48(43)57)51-17-11-10-12-18-51;3-2(4,5)1(6)7/h10-12,17-18,20-23,25,27-29,34,38-42,45,47H,13-16,19,24H2,1-9H3;(H,6,7)/t25-,27-,28-,29-,34-,38+,39+,40+,41-,42-,45-,47-,49+;/m0./s1. The second kappa shape index (κ2) is 21.6. The van der Waals surface area contributed by atoms with Crippen LogP contribution in [0.5, 0.6) is 11.5 Å². The molecule has 2 aromatic rings. The molecule has 0 bridgehead atoms. The molecule has 16 nitrogen and oxygen atoms in total. The number of halogens is 3. The number of ether oxygens (including phenoxy) is 6. The van der Waals surface area contributed by atoms with Crippen LogP contribution in [0.4, 0.5) is 13.2 Å². The fourth-order valence-corrected chi connectivity index (χ4v) is 11.2. The average molecular weight is 983 g/mol. The fourth-order valence-electron chi connectivity index (χ4n) is 11.2. The summed E-state index contributed by atoms with van der Waals surface area (Å²) in [4.78, 5) is 87.5. The third kappa shape index (κ3) is 12.0. The molecular weight excluding hydrogens is 922 g/mol. The molecule has 1 spiro atoms. The molecular formula is C51H61F3N2O14. The number of ketones is 1. The van der Waals surface area contributed by atoms with Crippen LogP contribution in [0.3, 0.4) is 0 Å². The maximum atomic E-state index is 15.6. The zero-order chi connectivity index (χ0) is 51.6. The molecule has 19 heteroatoms. The van der Waals surface area contributed by atoms with Crippen molar-refractivity contribution in [2.24, 2.45) is 47.3 Å². The summed E-state index contributed by atoms with van der Waals surface area (Å²) in [6.45, 7) is 15.7. The Balaban J connectivity index is 0.00000107. The molecule has 13 atom stereocenters. The van der Waals surface area contributed by atoms with Gasteiger partial charge >= 0.3 is 30.1 Å². The number of carboxylic acid groups (broad SMARTS) is 1. The number of nitrogens with zero attached hydrogens (tertiary/aromatic N) is 1. The van der Waals surface area contributed by atoms with Crippen LogP contribution in [0, 0.1) is 47.3 Å². The molecule has 70 heavy (non-hydrogen) atoms. The van der Waals surface area contributed by atoms with Gasteiger partial charge in [-0.25, -0.2) is 0 Å². The van der Waals surface area contributed by atoms with Gasteiger partial charge in [0.15, 0.2) is 24.0 Å². The minimum atomic E-state index is -5.19. The van der Waals surface area contributed by atoms with Crippen molar-refractivity contribution in [1.82, 2.24) is 5.32 Å². The number of fused-ring (bicyclic) bond motifs is 1. The number of allylic oxidation sites excluding steroid dienone is 2. The molecule has 1 saturated carbocycles. The van der Waals surface area contributed by atoms with Crippen LogP contribution < -0.4 is 24.5 Å². The van der Waals surface area contributed by atoms with Gasteiger partial charge in [0.05, 0.1) is 12.2 Å². The number of aromatic nitrogens is 1. The van der Waals surface area contributed by atoms with Gasteiger partial charge in [-0.05, 0) is 92.2 Å². The van der Waals surface area contributed by atoms with E-state index in [1.165, 1.54) is 33.8 Å². The Morgan fingerprint density at radius 1 is 0.829 bits per heavy atom. The minimum absolute atomic E-state index is 0.0255. The highest BCUT2D eigenvalue weighted by Gasteiger charge is 2.56. The summed E-state index contributed by atoms with van der Waals surface area (Å²) < 4.78 is 70.2. The molecule has 0 unspecified atom stereocenters. The number of pyridine rings is 1. The van der Waals surface area contributed by atoms with E-state index in [1.54, 1.807) is 41.2 Å². The van der Waals surface area contributed by atoms with E-state index in [9.17, 15) is 37.1 Å². The van der Waals surface area contributed by atoms with Crippen molar-refractivity contribution in [2.45, 2.75) is 137 Å². The molecule has 1 N–H and O–H groups in total. The van der Waals surface area contributed by atoms with Crippen LogP contribution in [-0.2, 0) is 52.5 Å². The summed E-state index contributed by atoms with van der Waals surface area (Å²) in [7, 11) is 0. The largest absolute Gasteiger partial charge is 0.542 e. The Labute approximate surface area is 404 Å². The number of hydrogen-bond donors (Lipinski definition) is 1. The first-order valence-electron chi connectivity index (χ1n) is 23.5. The van der Waals surface area contributed by atoms with E-state index < -0.39 is 83.7 Å². The Hall–Kier alpha value is -5.95. The van der Waals surface area contributed by atoms with Gasteiger partial charge in [-0.1, -0.05) is 45.4 Å². The normalized spacial score (nSPS) is 31.7. The summed E-state index contributed by atoms with van der Waals surface area (Å²) in [5, 5.41) is 11.7. The topological polar surface area (TPSA) is 214 Å². The molecule has 380 valence electrons. The Kier molecular flexibility index (Phi) is 16.5. The summed E-state index contributed by atoms with van der Waals surface area (Å²) in [5.41, 5.74) is 1.50. The monoisotopic (exact) mass is 982 g/mol. The number of esters is 4. The Morgan fingerprint density at radius 3 is 1.99 bits per heavy atom. The molecule has 2 saturated heterocycles. The van der Waals surface area contributed by atoms with E-state index in [2.05, 4.69) is 32.2 Å². The van der Waals surface area contributed by atoms with Gasteiger partial charge in [0, 0.05) is 64.2 Å². The van der Waals surface area contributed by atoms with E-state index in [1.807, 2.05) is 19.9 Å². The predicted octanol–water partition coefficient (Wildman–Crippen LogP) is 6.26. The number of nitrogens with one attached hydrogen (secondary N) is 1. The van der Waals surface area contributed by atoms with Gasteiger partial charge in [0.25, 0.3) is 12.1 Å². The van der Waals surface area contributed by atoms with Gasteiger partial charge in [0.1, 0.15) is 29.1 Å². The van der Waals surface area contributed by atoms with Gasteiger partial charge in [-0.3, -0.25) is 34.1 Å². The average Bonchev–Trinajstić information content (AvgIpc) is 3.58. The second-order valence-corrected chi connectivity index (χ2v) is 19.3. The van der Waals surface area contributed by atoms with E-state index in [0.29, 0.717) is 31.2 Å². The Bertz CT molecular complexity index is 2390. The molecule has 4 heterocycles. The molecule has 1 amide bonds. The van der Waals surface area contributed by atoms with Crippen LogP contribution in [0.15, 0.2) is 71.8 Å². The van der Waals surface area contributed by atoms with Crippen LogP contribution in [0.2, 0.25) is 0 Å². The van der Waals surface area contributed by atoms with E-state index >= 15 is 4.79 Å². The maximum Gasteiger partial charge on any atom is 0.430 e. The summed E-state index contributed by atoms with van der Waals surface area (Å²) in [5.74, 6) is -8.42. The first kappa shape index (κ1) is 53.4. The molecule has 7 rings (SSSR count). The number of alkyl halides is 3. The lowest BCUT2D eigenvalue weighted by Gasteiger charge is -2.54. The summed E-state index contributed by atoms with van der Waals surface area (Å²) in [6, 6.07) is 10.4. The number of amides is 1. The summed E-state index contributed by atoms with van der Waals surface area (Å²) >= 11 is 0. The predicted molar refractivity (Wildman–Crippen MR) is 237 cm³/mol. The van der Waals surface area contributed by atoms with Crippen LogP contribution in [-0.4, -0.2) is 65.7 Å². The minimum Gasteiger partial charge on any atom is -0.542 e. The van der Waals surface area contributed by atoms with E-state index in [0.717, 1.165) is 18.4 Å².